The second kappa shape index (κ2) is 21.2. The zero-order valence-corrected chi connectivity index (χ0v) is 24.1. The van der Waals surface area contributed by atoms with Crippen LogP contribution in [0, 0.1) is 0 Å². The lowest BCUT2D eigenvalue weighted by atomic mass is 10.1. The van der Waals surface area contributed by atoms with E-state index < -0.39 is 23.9 Å². The van der Waals surface area contributed by atoms with Gasteiger partial charge in [-0.05, 0) is 72.9 Å². The van der Waals surface area contributed by atoms with Crippen LogP contribution in [0.4, 0.5) is 14.4 Å². The summed E-state index contributed by atoms with van der Waals surface area (Å²) in [5.41, 5.74) is -0.738. The number of aliphatic imine (C=N–C) groups is 1. The van der Waals surface area contributed by atoms with Crippen molar-refractivity contribution in [3.8, 4) is 0 Å². The van der Waals surface area contributed by atoms with Crippen molar-refractivity contribution in [1.82, 2.24) is 31.9 Å². The fraction of sp³-hybridized carbons (Fsp3) is 0.760. The fourth-order valence-corrected chi connectivity index (χ4v) is 3.24. The Bertz CT molecular complexity index is 830. The lowest BCUT2D eigenvalue weighted by Crippen LogP contribution is -2.44. The summed E-state index contributed by atoms with van der Waals surface area (Å²) in [5, 5.41) is 33.5. The maximum atomic E-state index is 11.9. The van der Waals surface area contributed by atoms with Crippen LogP contribution in [-0.4, -0.2) is 90.6 Å². The zero-order chi connectivity index (χ0) is 30.4. The fourth-order valence-electron chi connectivity index (χ4n) is 3.24. The summed E-state index contributed by atoms with van der Waals surface area (Å²) in [6, 6.07) is -0.112. The maximum absolute atomic E-state index is 11.9. The van der Waals surface area contributed by atoms with Crippen molar-refractivity contribution in [3.05, 3.63) is 0 Å². The topological polar surface area (TPSA) is 220 Å². The van der Waals surface area contributed by atoms with E-state index >= 15 is 0 Å². The van der Waals surface area contributed by atoms with Gasteiger partial charge in [-0.15, -0.1) is 4.99 Å². The molecule has 1 atom stereocenters. The highest BCUT2D eigenvalue weighted by molar-refractivity contribution is 5.98. The molecule has 15 nitrogen and oxygen atoms in total. The number of ether oxygens (including phenoxy) is 1. The van der Waals surface area contributed by atoms with E-state index in [1.165, 1.54) is 0 Å². The second-order valence-electron chi connectivity index (χ2n) is 10.2. The molecule has 8 N–H and O–H groups in total. The van der Waals surface area contributed by atoms with Crippen LogP contribution in [0.2, 0.25) is 0 Å². The van der Waals surface area contributed by atoms with Crippen LogP contribution in [0.25, 0.3) is 0 Å². The third-order valence-corrected chi connectivity index (χ3v) is 5.12. The third kappa shape index (κ3) is 24.7. The van der Waals surface area contributed by atoms with E-state index in [0.717, 1.165) is 32.2 Å². The molecule has 0 rings (SSSR count). The first-order chi connectivity index (χ1) is 18.8. The number of nitrogens with zero attached hydrogens (tertiary/aromatic N) is 1. The van der Waals surface area contributed by atoms with Crippen molar-refractivity contribution < 1.29 is 38.9 Å². The van der Waals surface area contributed by atoms with Gasteiger partial charge < -0.3 is 41.5 Å². The Labute approximate surface area is 235 Å². The lowest BCUT2D eigenvalue weighted by molar-refractivity contribution is -0.126. The number of unbranched alkanes of at least 4 members (excludes halogenated alkanes) is 4. The Morgan fingerprint density at radius 3 is 2.08 bits per heavy atom. The number of carboxylic acid groups (broad SMARTS) is 2. The van der Waals surface area contributed by atoms with E-state index in [4.69, 9.17) is 14.9 Å². The summed E-state index contributed by atoms with van der Waals surface area (Å²) in [6.45, 7) is 9.12. The van der Waals surface area contributed by atoms with E-state index in [9.17, 15) is 24.0 Å². The van der Waals surface area contributed by atoms with Gasteiger partial charge in [-0.1, -0.05) is 12.8 Å². The molecule has 0 aromatic rings. The summed E-state index contributed by atoms with van der Waals surface area (Å²) in [7, 11) is 0. The molecule has 0 saturated carbocycles. The number of rotatable bonds is 18. The molecule has 0 bridgehead atoms. The second-order valence-corrected chi connectivity index (χ2v) is 10.2. The molecular weight excluding hydrogens is 526 g/mol. The molecule has 0 radical (unpaired) electrons. The molecular formula is C25H47N7O8. The van der Waals surface area contributed by atoms with Crippen molar-refractivity contribution in [2.75, 3.05) is 32.7 Å². The van der Waals surface area contributed by atoms with E-state index in [-0.39, 0.29) is 30.4 Å². The molecule has 5 amide bonds. The quantitative estimate of drug-likeness (QED) is 0.0674. The summed E-state index contributed by atoms with van der Waals surface area (Å²) < 4.78 is 5.08. The predicted molar refractivity (Wildman–Crippen MR) is 149 cm³/mol. The number of amides is 5. The number of hydrogen-bond donors (Lipinski definition) is 8. The molecule has 0 unspecified atom stereocenters. The molecule has 0 aliphatic carbocycles. The first-order valence-electron chi connectivity index (χ1n) is 13.6. The number of nitrogens with one attached hydrogen (secondary N) is 6. The Balaban J connectivity index is 3.80. The van der Waals surface area contributed by atoms with Crippen LogP contribution in [0.5, 0.6) is 0 Å². The summed E-state index contributed by atoms with van der Waals surface area (Å²) in [5.74, 6) is -0.672. The minimum atomic E-state index is -1.46. The van der Waals surface area contributed by atoms with Crippen molar-refractivity contribution >= 4 is 36.1 Å². The Morgan fingerprint density at radius 1 is 0.800 bits per heavy atom. The molecule has 0 saturated heterocycles. The van der Waals surface area contributed by atoms with Gasteiger partial charge >= 0.3 is 18.3 Å². The zero-order valence-electron chi connectivity index (χ0n) is 24.1. The van der Waals surface area contributed by atoms with Gasteiger partial charge in [-0.2, -0.15) is 0 Å². The Hall–Kier alpha value is -3.62. The van der Waals surface area contributed by atoms with Crippen LogP contribution in [-0.2, 0) is 14.3 Å². The number of carbonyl (C=O) groups excluding carboxylic acids is 3. The first kappa shape index (κ1) is 36.4. The van der Waals surface area contributed by atoms with E-state index in [1.807, 2.05) is 0 Å². The van der Waals surface area contributed by atoms with Crippen LogP contribution in [0.3, 0.4) is 0 Å². The SMILES string of the molecule is C[C@H](CCNCCCCNC(=O)CNC(=O)CCCCCCNC(=NC(=O)O)NC(=O)OC(C)(C)C)NC(=O)O. The standard InChI is InChI=1S/C25H47N7O8/c1-18(30-22(35)36)12-16-26-13-9-10-14-27-20(34)17-29-19(33)11-7-5-6-8-15-28-21(31-23(37)38)32-24(39)40-25(2,3)4/h18,26,30H,5-17H2,1-4H3,(H,27,34)(H,29,33)(H,35,36)(H,37,38)(H2,28,31,32,39)/t18-/m1/s1. The largest absolute Gasteiger partial charge is 0.465 e. The molecule has 0 aromatic carbocycles. The number of alkyl carbamates (subject to hydrolysis) is 1. The molecule has 15 heteroatoms. The van der Waals surface area contributed by atoms with Gasteiger partial charge in [0.1, 0.15) is 5.60 Å². The molecule has 0 heterocycles. The van der Waals surface area contributed by atoms with E-state index in [1.54, 1.807) is 27.7 Å². The van der Waals surface area contributed by atoms with Gasteiger partial charge in [0, 0.05) is 25.6 Å². The maximum Gasteiger partial charge on any atom is 0.434 e. The molecule has 230 valence electrons. The van der Waals surface area contributed by atoms with E-state index in [0.29, 0.717) is 45.3 Å². The van der Waals surface area contributed by atoms with Crippen LogP contribution in [0.15, 0.2) is 4.99 Å². The lowest BCUT2D eigenvalue weighted by Gasteiger charge is -2.20. The van der Waals surface area contributed by atoms with Gasteiger partial charge in [0.2, 0.25) is 17.8 Å². The van der Waals surface area contributed by atoms with Crippen molar-refractivity contribution in [2.45, 2.75) is 90.7 Å². The number of hydrogen-bond acceptors (Lipinski definition) is 7. The van der Waals surface area contributed by atoms with Crippen molar-refractivity contribution in [2.24, 2.45) is 4.99 Å². The highest BCUT2D eigenvalue weighted by atomic mass is 16.6. The van der Waals surface area contributed by atoms with E-state index in [2.05, 4.69) is 36.9 Å². The average Bonchev–Trinajstić information content (AvgIpc) is 2.81. The van der Waals surface area contributed by atoms with Gasteiger partial charge in [0.25, 0.3) is 0 Å². The van der Waals surface area contributed by atoms with Gasteiger partial charge in [0.05, 0.1) is 6.54 Å². The molecule has 40 heavy (non-hydrogen) atoms. The summed E-state index contributed by atoms with van der Waals surface area (Å²) in [4.78, 5) is 60.3. The van der Waals surface area contributed by atoms with Crippen LogP contribution in [0.1, 0.15) is 79.1 Å². The highest BCUT2D eigenvalue weighted by Gasteiger charge is 2.18. The van der Waals surface area contributed by atoms with Gasteiger partial charge in [0.15, 0.2) is 0 Å². The van der Waals surface area contributed by atoms with Gasteiger partial charge in [-0.3, -0.25) is 14.9 Å². The Kier molecular flexibility index (Phi) is 19.3. The monoisotopic (exact) mass is 573 g/mol. The molecule has 0 spiro atoms. The molecule has 0 aliphatic heterocycles. The molecule has 0 aliphatic rings. The summed E-state index contributed by atoms with van der Waals surface area (Å²) in [6.07, 6.45) is 2.15. The summed E-state index contributed by atoms with van der Waals surface area (Å²) >= 11 is 0. The molecule has 0 aromatic heterocycles. The smallest absolute Gasteiger partial charge is 0.434 e. The Morgan fingerprint density at radius 2 is 1.43 bits per heavy atom. The minimum absolute atomic E-state index is 0.0776. The number of guanidine groups is 1. The highest BCUT2D eigenvalue weighted by Crippen LogP contribution is 2.06. The normalized spacial score (nSPS) is 12.2. The van der Waals surface area contributed by atoms with Crippen LogP contribution < -0.4 is 31.9 Å². The van der Waals surface area contributed by atoms with Crippen LogP contribution >= 0.6 is 0 Å². The van der Waals surface area contributed by atoms with Gasteiger partial charge in [-0.25, -0.2) is 14.4 Å². The minimum Gasteiger partial charge on any atom is -0.465 e. The number of carbonyl (C=O) groups is 5. The van der Waals surface area contributed by atoms with Crippen molar-refractivity contribution in [1.29, 1.82) is 0 Å². The average molecular weight is 574 g/mol. The van der Waals surface area contributed by atoms with Crippen molar-refractivity contribution in [3.63, 3.8) is 0 Å². The molecule has 0 fully saturated rings. The third-order valence-electron chi connectivity index (χ3n) is 5.12. The predicted octanol–water partition coefficient (Wildman–Crippen LogP) is 1.73. The first-order valence-corrected chi connectivity index (χ1v) is 13.6.